The second kappa shape index (κ2) is 9.71. The fraction of sp³-hybridized carbons (Fsp3) is 0.647. The van der Waals surface area contributed by atoms with E-state index < -0.39 is 0 Å². The smallest absolute Gasteiger partial charge is 0.0371 e. The summed E-state index contributed by atoms with van der Waals surface area (Å²) in [4.78, 5) is 0. The van der Waals surface area contributed by atoms with E-state index in [0.717, 1.165) is 12.2 Å². The summed E-state index contributed by atoms with van der Waals surface area (Å²) in [5.41, 5.74) is 9.04. The molecule has 0 radical (unpaired) electrons. The molecule has 0 bridgehead atoms. The van der Waals surface area contributed by atoms with Crippen molar-refractivity contribution < 1.29 is 0 Å². The van der Waals surface area contributed by atoms with E-state index in [0.29, 0.717) is 0 Å². The van der Waals surface area contributed by atoms with Crippen LogP contribution in [-0.4, -0.2) is 6.54 Å². The third-order valence-electron chi connectivity index (χ3n) is 3.60. The normalized spacial score (nSPS) is 10.6. The number of aryl methyl sites for hydroxylation is 1. The minimum Gasteiger partial charge on any atom is -0.399 e. The highest BCUT2D eigenvalue weighted by Crippen LogP contribution is 2.17. The third-order valence-corrected chi connectivity index (χ3v) is 3.60. The van der Waals surface area contributed by atoms with Crippen LogP contribution in [0.15, 0.2) is 18.2 Å². The third kappa shape index (κ3) is 7.09. The standard InChI is InChI=1S/C17H30N2/c1-3-4-5-6-7-8-9-10-13-19-17-12-11-16(18)14-15(17)2/h11-12,14,19H,3-10,13,18H2,1-2H3. The first-order chi connectivity index (χ1) is 9.24. The highest BCUT2D eigenvalue weighted by atomic mass is 14.9. The van der Waals surface area contributed by atoms with Crippen LogP contribution in [0.25, 0.3) is 0 Å². The molecule has 1 aromatic rings. The summed E-state index contributed by atoms with van der Waals surface area (Å²) in [6, 6.07) is 6.06. The number of nitrogens with one attached hydrogen (secondary N) is 1. The SMILES string of the molecule is CCCCCCCCCCNc1ccc(N)cc1C. The number of benzene rings is 1. The van der Waals surface area contributed by atoms with Crippen molar-refractivity contribution >= 4 is 11.4 Å². The van der Waals surface area contributed by atoms with Crippen LogP contribution < -0.4 is 11.1 Å². The summed E-state index contributed by atoms with van der Waals surface area (Å²) in [6.45, 7) is 5.44. The predicted octanol–water partition coefficient (Wildman–Crippen LogP) is 5.13. The van der Waals surface area contributed by atoms with Gasteiger partial charge in [0.15, 0.2) is 0 Å². The first kappa shape index (κ1) is 15.9. The summed E-state index contributed by atoms with van der Waals surface area (Å²) in [5.74, 6) is 0. The van der Waals surface area contributed by atoms with Crippen molar-refractivity contribution in [1.29, 1.82) is 0 Å². The number of nitrogens with two attached hydrogens (primary N) is 1. The van der Waals surface area contributed by atoms with Gasteiger partial charge in [0, 0.05) is 17.9 Å². The predicted molar refractivity (Wildman–Crippen MR) is 86.7 cm³/mol. The van der Waals surface area contributed by atoms with Gasteiger partial charge in [-0.25, -0.2) is 0 Å². The molecule has 0 heterocycles. The van der Waals surface area contributed by atoms with E-state index in [-0.39, 0.29) is 0 Å². The van der Waals surface area contributed by atoms with Gasteiger partial charge in [0.25, 0.3) is 0 Å². The van der Waals surface area contributed by atoms with E-state index in [1.165, 1.54) is 62.6 Å². The van der Waals surface area contributed by atoms with E-state index in [9.17, 15) is 0 Å². The van der Waals surface area contributed by atoms with E-state index in [2.05, 4.69) is 25.2 Å². The molecule has 0 aliphatic rings. The van der Waals surface area contributed by atoms with Gasteiger partial charge in [0.2, 0.25) is 0 Å². The summed E-state index contributed by atoms with van der Waals surface area (Å²) in [5, 5.41) is 3.50. The highest BCUT2D eigenvalue weighted by molar-refractivity contribution is 5.57. The van der Waals surface area contributed by atoms with Crippen molar-refractivity contribution in [3.05, 3.63) is 23.8 Å². The molecule has 0 unspecified atom stereocenters. The van der Waals surface area contributed by atoms with Crippen LogP contribution in [0.3, 0.4) is 0 Å². The van der Waals surface area contributed by atoms with Gasteiger partial charge in [-0.15, -0.1) is 0 Å². The van der Waals surface area contributed by atoms with Gasteiger partial charge in [-0.2, -0.15) is 0 Å². The second-order valence-corrected chi connectivity index (χ2v) is 5.48. The zero-order valence-corrected chi connectivity index (χ0v) is 12.7. The molecule has 0 amide bonds. The number of rotatable bonds is 10. The first-order valence-electron chi connectivity index (χ1n) is 7.84. The largest absolute Gasteiger partial charge is 0.399 e. The van der Waals surface area contributed by atoms with Gasteiger partial charge in [-0.3, -0.25) is 0 Å². The molecule has 0 aliphatic heterocycles. The van der Waals surface area contributed by atoms with Crippen LogP contribution in [0, 0.1) is 6.92 Å². The Labute approximate surface area is 118 Å². The molecule has 0 aromatic heterocycles. The topological polar surface area (TPSA) is 38.0 Å². The van der Waals surface area contributed by atoms with Crippen LogP contribution in [-0.2, 0) is 0 Å². The number of hydrogen-bond donors (Lipinski definition) is 2. The minimum atomic E-state index is 0.843. The van der Waals surface area contributed by atoms with Gasteiger partial charge in [-0.05, 0) is 37.1 Å². The Morgan fingerprint density at radius 3 is 2.21 bits per heavy atom. The van der Waals surface area contributed by atoms with Crippen LogP contribution >= 0.6 is 0 Å². The van der Waals surface area contributed by atoms with Crippen molar-refractivity contribution in [3.63, 3.8) is 0 Å². The molecule has 0 spiro atoms. The van der Waals surface area contributed by atoms with E-state index in [4.69, 9.17) is 5.73 Å². The Kier molecular flexibility index (Phi) is 8.11. The van der Waals surface area contributed by atoms with E-state index in [1.807, 2.05) is 12.1 Å². The highest BCUT2D eigenvalue weighted by Gasteiger charge is 1.97. The summed E-state index contributed by atoms with van der Waals surface area (Å²) in [6.07, 6.45) is 11.0. The van der Waals surface area contributed by atoms with Crippen LogP contribution in [0.4, 0.5) is 11.4 Å². The Balaban J connectivity index is 2.01. The van der Waals surface area contributed by atoms with Gasteiger partial charge in [0.05, 0.1) is 0 Å². The quantitative estimate of drug-likeness (QED) is 0.453. The zero-order valence-electron chi connectivity index (χ0n) is 12.7. The summed E-state index contributed by atoms with van der Waals surface area (Å²) < 4.78 is 0. The molecule has 0 saturated heterocycles. The molecule has 2 heteroatoms. The lowest BCUT2D eigenvalue weighted by molar-refractivity contribution is 0.581. The maximum absolute atomic E-state index is 5.74. The molecule has 108 valence electrons. The average molecular weight is 262 g/mol. The molecular formula is C17H30N2. The lowest BCUT2D eigenvalue weighted by atomic mass is 10.1. The van der Waals surface area contributed by atoms with Crippen molar-refractivity contribution in [2.45, 2.75) is 65.2 Å². The Bertz CT molecular complexity index is 347. The van der Waals surface area contributed by atoms with Crippen molar-refractivity contribution in [1.82, 2.24) is 0 Å². The lowest BCUT2D eigenvalue weighted by Gasteiger charge is -2.10. The average Bonchev–Trinajstić information content (AvgIpc) is 2.39. The molecule has 19 heavy (non-hydrogen) atoms. The fourth-order valence-electron chi connectivity index (χ4n) is 2.37. The second-order valence-electron chi connectivity index (χ2n) is 5.48. The Hall–Kier alpha value is -1.18. The lowest BCUT2D eigenvalue weighted by Crippen LogP contribution is -2.03. The van der Waals surface area contributed by atoms with E-state index in [1.54, 1.807) is 0 Å². The van der Waals surface area contributed by atoms with Crippen molar-refractivity contribution in [2.75, 3.05) is 17.6 Å². The number of anilines is 2. The van der Waals surface area contributed by atoms with Gasteiger partial charge in [0.1, 0.15) is 0 Å². The molecule has 1 rings (SSSR count). The molecule has 3 N–H and O–H groups in total. The zero-order chi connectivity index (χ0) is 13.9. The molecule has 0 aliphatic carbocycles. The van der Waals surface area contributed by atoms with Crippen LogP contribution in [0.5, 0.6) is 0 Å². The molecule has 0 fully saturated rings. The Morgan fingerprint density at radius 1 is 0.947 bits per heavy atom. The maximum Gasteiger partial charge on any atom is 0.0371 e. The van der Waals surface area contributed by atoms with Crippen LogP contribution in [0.2, 0.25) is 0 Å². The van der Waals surface area contributed by atoms with Crippen molar-refractivity contribution in [2.24, 2.45) is 0 Å². The monoisotopic (exact) mass is 262 g/mol. The van der Waals surface area contributed by atoms with Crippen LogP contribution in [0.1, 0.15) is 63.9 Å². The van der Waals surface area contributed by atoms with E-state index >= 15 is 0 Å². The number of hydrogen-bond acceptors (Lipinski definition) is 2. The number of nitrogen functional groups attached to an aromatic ring is 1. The minimum absolute atomic E-state index is 0.843. The fourth-order valence-corrected chi connectivity index (χ4v) is 2.37. The summed E-state index contributed by atoms with van der Waals surface area (Å²) in [7, 11) is 0. The Morgan fingerprint density at radius 2 is 1.58 bits per heavy atom. The first-order valence-corrected chi connectivity index (χ1v) is 7.84. The van der Waals surface area contributed by atoms with Gasteiger partial charge >= 0.3 is 0 Å². The molecular weight excluding hydrogens is 232 g/mol. The molecule has 0 saturated carbocycles. The molecule has 2 nitrogen and oxygen atoms in total. The van der Waals surface area contributed by atoms with Gasteiger partial charge < -0.3 is 11.1 Å². The van der Waals surface area contributed by atoms with Crippen molar-refractivity contribution in [3.8, 4) is 0 Å². The molecule has 1 aromatic carbocycles. The summed E-state index contributed by atoms with van der Waals surface area (Å²) >= 11 is 0. The van der Waals surface area contributed by atoms with Gasteiger partial charge in [-0.1, -0.05) is 51.9 Å². The molecule has 0 atom stereocenters. The number of unbranched alkanes of at least 4 members (excludes halogenated alkanes) is 7. The maximum atomic E-state index is 5.74.